The van der Waals surface area contributed by atoms with Gasteiger partial charge in [0.2, 0.25) is 11.8 Å². The molecule has 4 heterocycles. The Morgan fingerprint density at radius 3 is 2.50 bits per heavy atom. The molecule has 3 saturated heterocycles. The van der Waals surface area contributed by atoms with Crippen molar-refractivity contribution in [3.8, 4) is 0 Å². The Hall–Kier alpha value is -4.36. The molecule has 3 fully saturated rings. The number of aliphatic imine (C=N–C) groups is 1. The van der Waals surface area contributed by atoms with Crippen LogP contribution in [0.15, 0.2) is 53.5 Å². The van der Waals surface area contributed by atoms with Gasteiger partial charge < -0.3 is 26.3 Å². The van der Waals surface area contributed by atoms with Crippen LogP contribution in [0.2, 0.25) is 0 Å². The Labute approximate surface area is 282 Å². The van der Waals surface area contributed by atoms with Gasteiger partial charge in [-0.2, -0.15) is 0 Å². The van der Waals surface area contributed by atoms with Crippen molar-refractivity contribution in [3.05, 3.63) is 65.2 Å². The van der Waals surface area contributed by atoms with E-state index in [2.05, 4.69) is 21.3 Å². The van der Waals surface area contributed by atoms with Gasteiger partial charge in [-0.25, -0.2) is 13.4 Å². The Morgan fingerprint density at radius 2 is 1.81 bits per heavy atom. The fourth-order valence-electron chi connectivity index (χ4n) is 7.38. The van der Waals surface area contributed by atoms with E-state index in [1.807, 2.05) is 41.3 Å². The van der Waals surface area contributed by atoms with Crippen molar-refractivity contribution in [2.45, 2.75) is 32.1 Å². The number of carbonyl (C=O) groups excluding carboxylic acids is 2. The van der Waals surface area contributed by atoms with Gasteiger partial charge in [0.05, 0.1) is 29.8 Å². The van der Waals surface area contributed by atoms with Gasteiger partial charge in [-0.05, 0) is 68.0 Å². The molecule has 1 spiro atoms. The number of nitrogens with zero attached hydrogens (tertiary/aromatic N) is 4. The second kappa shape index (κ2) is 13.6. The normalized spacial score (nSPS) is 23.2. The third-order valence-corrected chi connectivity index (χ3v) is 12.0. The number of benzene rings is 2. The van der Waals surface area contributed by atoms with Gasteiger partial charge in [0.25, 0.3) is 0 Å². The average molecular weight is 673 g/mol. The highest BCUT2D eigenvalue weighted by atomic mass is 32.2. The summed E-state index contributed by atoms with van der Waals surface area (Å²) in [7, 11) is -1.30. The molecule has 0 aliphatic carbocycles. The molecular formula is C35H44N8O4S. The van der Waals surface area contributed by atoms with E-state index >= 15 is 0 Å². The fourth-order valence-corrected chi connectivity index (χ4v) is 8.87. The number of nitrogens with two attached hydrogens (primary N) is 1. The van der Waals surface area contributed by atoms with Crippen LogP contribution in [0.1, 0.15) is 48.8 Å². The number of anilines is 2. The number of rotatable bonds is 8. The van der Waals surface area contributed by atoms with Crippen LogP contribution in [-0.2, 0) is 19.4 Å². The maximum atomic E-state index is 13.9. The van der Waals surface area contributed by atoms with E-state index in [9.17, 15) is 18.0 Å². The molecule has 0 radical (unpaired) electrons. The van der Waals surface area contributed by atoms with Gasteiger partial charge in [0.15, 0.2) is 5.84 Å². The zero-order chi connectivity index (χ0) is 34.1. The molecule has 2 aromatic rings. The van der Waals surface area contributed by atoms with Crippen LogP contribution in [0, 0.1) is 22.2 Å². The van der Waals surface area contributed by atoms with E-state index in [-0.39, 0.29) is 41.6 Å². The molecule has 4 aliphatic rings. The Balaban J connectivity index is 1.04. The second-order valence-corrected chi connectivity index (χ2v) is 15.7. The standard InChI is InChI=1S/C35H44N8O4S/c1-39-23-40-33(38)27-4-2-24(3-5-27)25-8-14-42(15-9-25)31(44)21-41-16-12-35(22-41)13-17-43(34(35)45)28-6-7-30(36)29(20-28)32(37)26-10-18-48(46,47)19-11-26/h2-8,20,23,26,37H,9-19,21-22,36H2,1H3,(H2,38,39,40)/t35-/m0/s1. The lowest BCUT2D eigenvalue weighted by molar-refractivity contribution is -0.132. The highest BCUT2D eigenvalue weighted by Gasteiger charge is 2.51. The van der Waals surface area contributed by atoms with Crippen molar-refractivity contribution in [3.63, 3.8) is 0 Å². The van der Waals surface area contributed by atoms with Crippen molar-refractivity contribution in [2.24, 2.45) is 16.3 Å². The fraction of sp³-hybridized carbons (Fsp3) is 0.457. The van der Waals surface area contributed by atoms with Crippen LogP contribution in [0.3, 0.4) is 0 Å². The van der Waals surface area contributed by atoms with Crippen molar-refractivity contribution in [1.82, 2.24) is 15.1 Å². The summed E-state index contributed by atoms with van der Waals surface area (Å²) in [6, 6.07) is 13.1. The summed E-state index contributed by atoms with van der Waals surface area (Å²) < 4.78 is 23.8. The van der Waals surface area contributed by atoms with E-state index < -0.39 is 15.3 Å². The molecule has 1 atom stereocenters. The second-order valence-electron chi connectivity index (χ2n) is 13.4. The number of hydrogen-bond donors (Lipinski definition) is 4. The van der Waals surface area contributed by atoms with Crippen molar-refractivity contribution >= 4 is 56.5 Å². The summed E-state index contributed by atoms with van der Waals surface area (Å²) in [5.74, 6) is 0.285. The molecule has 254 valence electrons. The zero-order valence-corrected chi connectivity index (χ0v) is 28.2. The summed E-state index contributed by atoms with van der Waals surface area (Å²) in [5.41, 5.74) is 10.8. The van der Waals surface area contributed by atoms with Gasteiger partial charge >= 0.3 is 0 Å². The number of likely N-dealkylation sites (tertiary alicyclic amines) is 1. The first-order valence-corrected chi connectivity index (χ1v) is 18.4. The van der Waals surface area contributed by atoms with Gasteiger partial charge in [-0.3, -0.25) is 19.9 Å². The molecule has 12 nitrogen and oxygen atoms in total. The predicted octanol–water partition coefficient (Wildman–Crippen LogP) is 2.78. The summed E-state index contributed by atoms with van der Waals surface area (Å²) in [4.78, 5) is 37.0. The first-order chi connectivity index (χ1) is 23.0. The number of hydrogen-bond acceptors (Lipinski definition) is 8. The summed E-state index contributed by atoms with van der Waals surface area (Å²) in [6.45, 7) is 3.23. The molecule has 13 heteroatoms. The molecule has 0 aromatic heterocycles. The van der Waals surface area contributed by atoms with Crippen molar-refractivity contribution in [1.29, 1.82) is 10.8 Å². The molecule has 2 aromatic carbocycles. The molecule has 0 bridgehead atoms. The molecule has 5 N–H and O–H groups in total. The minimum Gasteiger partial charge on any atom is -0.398 e. The lowest BCUT2D eigenvalue weighted by Gasteiger charge is -2.29. The third-order valence-electron chi connectivity index (χ3n) is 10.3. The Kier molecular flexibility index (Phi) is 9.53. The minimum atomic E-state index is -3.04. The number of amidine groups is 1. The topological polar surface area (TPSA) is 176 Å². The van der Waals surface area contributed by atoms with E-state index in [1.54, 1.807) is 18.0 Å². The van der Waals surface area contributed by atoms with Gasteiger partial charge in [0, 0.05) is 67.4 Å². The molecule has 2 amide bonds. The lowest BCUT2D eigenvalue weighted by Crippen LogP contribution is -2.43. The molecule has 0 unspecified atom stereocenters. The van der Waals surface area contributed by atoms with E-state index in [1.165, 1.54) is 11.9 Å². The van der Waals surface area contributed by atoms with Gasteiger partial charge in [-0.15, -0.1) is 0 Å². The van der Waals surface area contributed by atoms with E-state index in [0.29, 0.717) is 81.1 Å². The number of nitrogen functional groups attached to an aromatic ring is 1. The maximum absolute atomic E-state index is 13.9. The molecule has 4 aliphatic heterocycles. The quantitative estimate of drug-likeness (QED) is 0.189. The molecule has 48 heavy (non-hydrogen) atoms. The lowest BCUT2D eigenvalue weighted by atomic mass is 9.85. The molecule has 6 rings (SSSR count). The summed E-state index contributed by atoms with van der Waals surface area (Å²) in [5, 5.41) is 19.6. The largest absolute Gasteiger partial charge is 0.398 e. The minimum absolute atomic E-state index is 0.0454. The maximum Gasteiger partial charge on any atom is 0.237 e. The van der Waals surface area contributed by atoms with Crippen LogP contribution < -0.4 is 16.0 Å². The van der Waals surface area contributed by atoms with Crippen molar-refractivity contribution < 1.29 is 18.0 Å². The van der Waals surface area contributed by atoms with Crippen LogP contribution in [-0.4, -0.2) is 106 Å². The SMILES string of the molecule is CN/C=N\C(=N)c1ccc(C2=CCN(C(=O)CN3CC[C@]4(CCN(c5ccc(N)c(C(=N)C6CCS(=O)(=O)CC6)c5)C4=O)C3)CC2)cc1. The summed E-state index contributed by atoms with van der Waals surface area (Å²) in [6.07, 6.45) is 6.55. The monoisotopic (exact) mass is 672 g/mol. The first kappa shape index (κ1) is 33.5. The van der Waals surface area contributed by atoms with Crippen LogP contribution in [0.25, 0.3) is 5.57 Å². The smallest absolute Gasteiger partial charge is 0.237 e. The van der Waals surface area contributed by atoms with Crippen molar-refractivity contribution in [2.75, 3.05) is 68.5 Å². The zero-order valence-electron chi connectivity index (χ0n) is 27.4. The van der Waals surface area contributed by atoms with E-state index in [0.717, 1.165) is 17.5 Å². The van der Waals surface area contributed by atoms with Gasteiger partial charge in [-0.1, -0.05) is 30.3 Å². The number of nitrogens with one attached hydrogen (secondary N) is 3. The Morgan fingerprint density at radius 1 is 1.08 bits per heavy atom. The van der Waals surface area contributed by atoms with Crippen LogP contribution in [0.4, 0.5) is 11.4 Å². The van der Waals surface area contributed by atoms with Crippen LogP contribution >= 0.6 is 0 Å². The molecular weight excluding hydrogens is 629 g/mol. The van der Waals surface area contributed by atoms with Crippen LogP contribution in [0.5, 0.6) is 0 Å². The number of sulfone groups is 1. The summed E-state index contributed by atoms with van der Waals surface area (Å²) >= 11 is 0. The first-order valence-electron chi connectivity index (χ1n) is 16.6. The molecule has 0 saturated carbocycles. The van der Waals surface area contributed by atoms with E-state index in [4.69, 9.17) is 16.6 Å². The Bertz CT molecular complexity index is 1770. The predicted molar refractivity (Wildman–Crippen MR) is 190 cm³/mol. The average Bonchev–Trinajstić information content (AvgIpc) is 3.65. The highest BCUT2D eigenvalue weighted by molar-refractivity contribution is 7.91. The highest BCUT2D eigenvalue weighted by Crippen LogP contribution is 2.43. The number of amides is 2. The third kappa shape index (κ3) is 6.93. The van der Waals surface area contributed by atoms with Gasteiger partial charge in [0.1, 0.15) is 9.84 Å². The number of carbonyl (C=O) groups is 2.